The van der Waals surface area contributed by atoms with E-state index < -0.39 is 46.7 Å². The number of rotatable bonds is 8. The number of aliphatic carboxylic acids is 1. The van der Waals surface area contributed by atoms with Crippen LogP contribution in [0.3, 0.4) is 0 Å². The Bertz CT molecular complexity index is 366. The van der Waals surface area contributed by atoms with Gasteiger partial charge in [0.25, 0.3) is 0 Å². The van der Waals surface area contributed by atoms with Crippen molar-refractivity contribution >= 4 is 16.0 Å². The van der Waals surface area contributed by atoms with Crippen LogP contribution in [0, 0.1) is 5.92 Å². The molecule has 0 aliphatic rings. The molecule has 1 unspecified atom stereocenters. The van der Waals surface area contributed by atoms with Gasteiger partial charge in [0.05, 0.1) is 11.7 Å². The molecule has 0 heterocycles. The minimum Gasteiger partial charge on any atom is -0.481 e. The van der Waals surface area contributed by atoms with Gasteiger partial charge in [0.15, 0.2) is 0 Å². The molecule has 0 aromatic carbocycles. The SMILES string of the molecule is CCC(CNS(=O)(=O)CCCC(F)(F)F)C(=O)O. The van der Waals surface area contributed by atoms with Gasteiger partial charge in [-0.05, 0) is 12.8 Å². The summed E-state index contributed by atoms with van der Waals surface area (Å²) in [6, 6.07) is 0. The third kappa shape index (κ3) is 8.29. The summed E-state index contributed by atoms with van der Waals surface area (Å²) in [6.07, 6.45) is -5.87. The molecule has 9 heteroatoms. The molecule has 0 fully saturated rings. The van der Waals surface area contributed by atoms with Crippen LogP contribution in [0.25, 0.3) is 0 Å². The molecule has 108 valence electrons. The third-order valence-electron chi connectivity index (χ3n) is 2.27. The van der Waals surface area contributed by atoms with Gasteiger partial charge in [-0.15, -0.1) is 0 Å². The summed E-state index contributed by atoms with van der Waals surface area (Å²) in [7, 11) is -3.86. The quantitative estimate of drug-likeness (QED) is 0.707. The minimum atomic E-state index is -4.39. The monoisotopic (exact) mass is 291 g/mol. The van der Waals surface area contributed by atoms with Gasteiger partial charge in [0.1, 0.15) is 0 Å². The minimum absolute atomic E-state index is 0.237. The molecule has 1 atom stereocenters. The molecule has 0 amide bonds. The average Bonchev–Trinajstić information content (AvgIpc) is 2.15. The maximum Gasteiger partial charge on any atom is 0.389 e. The molecule has 5 nitrogen and oxygen atoms in total. The average molecular weight is 291 g/mol. The van der Waals surface area contributed by atoms with Crippen molar-refractivity contribution in [1.82, 2.24) is 4.72 Å². The van der Waals surface area contributed by atoms with Gasteiger partial charge >= 0.3 is 12.1 Å². The fraction of sp³-hybridized carbons (Fsp3) is 0.889. The molecule has 0 aromatic heterocycles. The van der Waals surface area contributed by atoms with Crippen molar-refractivity contribution in [3.05, 3.63) is 0 Å². The fourth-order valence-electron chi connectivity index (χ4n) is 1.17. The van der Waals surface area contributed by atoms with Crippen molar-refractivity contribution in [1.29, 1.82) is 0 Å². The van der Waals surface area contributed by atoms with Crippen molar-refractivity contribution in [2.45, 2.75) is 32.4 Å². The van der Waals surface area contributed by atoms with Crippen molar-refractivity contribution < 1.29 is 31.5 Å². The van der Waals surface area contributed by atoms with Gasteiger partial charge in [-0.1, -0.05) is 6.92 Å². The number of sulfonamides is 1. The Balaban J connectivity index is 4.12. The number of carboxylic acids is 1. The predicted octanol–water partition coefficient (Wildman–Crippen LogP) is 1.36. The molecule has 0 rings (SSSR count). The molecule has 18 heavy (non-hydrogen) atoms. The first-order valence-electron chi connectivity index (χ1n) is 5.34. The Labute approximate surface area is 103 Å². The van der Waals surface area contributed by atoms with Crippen LogP contribution < -0.4 is 4.72 Å². The van der Waals surface area contributed by atoms with Crippen LogP contribution in [0.4, 0.5) is 13.2 Å². The van der Waals surface area contributed by atoms with Crippen LogP contribution in [0.2, 0.25) is 0 Å². The second-order valence-electron chi connectivity index (χ2n) is 3.83. The van der Waals surface area contributed by atoms with Crippen molar-refractivity contribution in [2.75, 3.05) is 12.3 Å². The zero-order valence-corrected chi connectivity index (χ0v) is 10.6. The van der Waals surface area contributed by atoms with E-state index in [1.54, 1.807) is 6.92 Å². The summed E-state index contributed by atoms with van der Waals surface area (Å²) in [5.41, 5.74) is 0. The highest BCUT2D eigenvalue weighted by Crippen LogP contribution is 2.21. The van der Waals surface area contributed by atoms with Gasteiger partial charge < -0.3 is 5.11 Å². The Morgan fingerprint density at radius 3 is 2.33 bits per heavy atom. The highest BCUT2D eigenvalue weighted by molar-refractivity contribution is 7.89. The van der Waals surface area contributed by atoms with Crippen molar-refractivity contribution in [3.8, 4) is 0 Å². The Hall–Kier alpha value is -0.830. The van der Waals surface area contributed by atoms with Crippen LogP contribution in [-0.4, -0.2) is 38.0 Å². The number of hydrogen-bond donors (Lipinski definition) is 2. The van der Waals surface area contributed by atoms with Crippen molar-refractivity contribution in [3.63, 3.8) is 0 Å². The Morgan fingerprint density at radius 2 is 1.94 bits per heavy atom. The van der Waals surface area contributed by atoms with E-state index >= 15 is 0 Å². The molecule has 0 saturated heterocycles. The molecule has 0 saturated carbocycles. The lowest BCUT2D eigenvalue weighted by atomic mass is 10.1. The molecule has 0 spiro atoms. The molecular weight excluding hydrogens is 275 g/mol. The number of hydrogen-bond acceptors (Lipinski definition) is 3. The first kappa shape index (κ1) is 17.2. The second-order valence-corrected chi connectivity index (χ2v) is 5.76. The van der Waals surface area contributed by atoms with Crippen LogP contribution in [0.15, 0.2) is 0 Å². The lowest BCUT2D eigenvalue weighted by Gasteiger charge is -2.12. The van der Waals surface area contributed by atoms with Gasteiger partial charge in [-0.2, -0.15) is 13.2 Å². The zero-order chi connectivity index (χ0) is 14.4. The summed E-state index contributed by atoms with van der Waals surface area (Å²) < 4.78 is 60.0. The maximum absolute atomic E-state index is 11.8. The molecular formula is C9H16F3NO4S. The number of carbonyl (C=O) groups is 1. The summed E-state index contributed by atoms with van der Waals surface area (Å²) in [5, 5.41) is 8.67. The van der Waals surface area contributed by atoms with Crippen LogP contribution in [0.5, 0.6) is 0 Å². The predicted molar refractivity (Wildman–Crippen MR) is 58.5 cm³/mol. The van der Waals surface area contributed by atoms with E-state index in [1.807, 2.05) is 4.72 Å². The highest BCUT2D eigenvalue weighted by atomic mass is 32.2. The van der Waals surface area contributed by atoms with E-state index in [1.165, 1.54) is 0 Å². The first-order chi connectivity index (χ1) is 8.07. The van der Waals surface area contributed by atoms with Crippen LogP contribution >= 0.6 is 0 Å². The van der Waals surface area contributed by atoms with Gasteiger partial charge in [0.2, 0.25) is 10.0 Å². The number of halogens is 3. The number of nitrogens with one attached hydrogen (secondary N) is 1. The molecule has 0 aliphatic carbocycles. The molecule has 0 bridgehead atoms. The van der Waals surface area contributed by atoms with E-state index in [0.717, 1.165) is 0 Å². The third-order valence-corrected chi connectivity index (χ3v) is 3.70. The molecule has 0 aliphatic heterocycles. The zero-order valence-electron chi connectivity index (χ0n) is 9.83. The molecule has 2 N–H and O–H groups in total. The summed E-state index contributed by atoms with van der Waals surface area (Å²) in [4.78, 5) is 10.6. The lowest BCUT2D eigenvalue weighted by Crippen LogP contribution is -2.34. The lowest BCUT2D eigenvalue weighted by molar-refractivity contribution is -0.141. The Kier molecular flexibility index (Phi) is 6.61. The van der Waals surface area contributed by atoms with Gasteiger partial charge in [-0.25, -0.2) is 13.1 Å². The van der Waals surface area contributed by atoms with E-state index in [0.29, 0.717) is 0 Å². The molecule has 0 aromatic rings. The standard InChI is InChI=1S/C9H16F3NO4S/c1-2-7(8(14)15)6-13-18(16,17)5-3-4-9(10,11)12/h7,13H,2-6H2,1H3,(H,14,15). The second kappa shape index (κ2) is 6.93. The Morgan fingerprint density at radius 1 is 1.39 bits per heavy atom. The first-order valence-corrected chi connectivity index (χ1v) is 6.99. The highest BCUT2D eigenvalue weighted by Gasteiger charge is 2.27. The van der Waals surface area contributed by atoms with E-state index in [2.05, 4.69) is 0 Å². The number of carboxylic acid groups (broad SMARTS) is 1. The number of alkyl halides is 3. The topological polar surface area (TPSA) is 83.5 Å². The van der Waals surface area contributed by atoms with E-state index in [4.69, 9.17) is 5.11 Å². The molecule has 0 radical (unpaired) electrons. The van der Waals surface area contributed by atoms with Gasteiger partial charge in [-0.3, -0.25) is 4.79 Å². The maximum atomic E-state index is 11.8. The smallest absolute Gasteiger partial charge is 0.389 e. The fourth-order valence-corrected chi connectivity index (χ4v) is 2.29. The summed E-state index contributed by atoms with van der Waals surface area (Å²) >= 11 is 0. The normalized spacial score (nSPS) is 14.4. The summed E-state index contributed by atoms with van der Waals surface area (Å²) in [6.45, 7) is 1.27. The van der Waals surface area contributed by atoms with Crippen molar-refractivity contribution in [2.24, 2.45) is 5.92 Å². The van der Waals surface area contributed by atoms with Crippen LogP contribution in [-0.2, 0) is 14.8 Å². The van der Waals surface area contributed by atoms with Gasteiger partial charge in [0, 0.05) is 13.0 Å². The summed E-state index contributed by atoms with van der Waals surface area (Å²) in [5.74, 6) is -2.68. The van der Waals surface area contributed by atoms with Crippen LogP contribution in [0.1, 0.15) is 26.2 Å². The van der Waals surface area contributed by atoms with E-state index in [9.17, 15) is 26.4 Å². The van der Waals surface area contributed by atoms with E-state index in [-0.39, 0.29) is 13.0 Å². The largest absolute Gasteiger partial charge is 0.481 e.